The summed E-state index contributed by atoms with van der Waals surface area (Å²) in [7, 11) is -4.11. The van der Waals surface area contributed by atoms with Crippen LogP contribution in [0.3, 0.4) is 0 Å². The van der Waals surface area contributed by atoms with Gasteiger partial charge in [-0.25, -0.2) is 31.8 Å². The minimum Gasteiger partial charge on any atom is -0.246 e. The predicted octanol–water partition coefficient (Wildman–Crippen LogP) is 3.99. The summed E-state index contributed by atoms with van der Waals surface area (Å²) in [5.41, 5.74) is 1.93. The Morgan fingerprint density at radius 3 is 2.50 bits per heavy atom. The van der Waals surface area contributed by atoms with Crippen molar-refractivity contribution in [2.24, 2.45) is 0 Å². The zero-order valence-corrected chi connectivity index (χ0v) is 15.7. The Labute approximate surface area is 161 Å². The van der Waals surface area contributed by atoms with Gasteiger partial charge >= 0.3 is 6.03 Å². The van der Waals surface area contributed by atoms with Gasteiger partial charge < -0.3 is 0 Å². The summed E-state index contributed by atoms with van der Waals surface area (Å²) in [4.78, 5) is 18.6. The summed E-state index contributed by atoms with van der Waals surface area (Å²) < 4.78 is 40.2. The van der Waals surface area contributed by atoms with Gasteiger partial charge in [-0.15, -0.1) is 0 Å². The molecule has 6 nitrogen and oxygen atoms in total. The number of urea groups is 1. The van der Waals surface area contributed by atoms with Gasteiger partial charge in [0.25, 0.3) is 10.0 Å². The van der Waals surface area contributed by atoms with Crippen LogP contribution in [0.25, 0.3) is 0 Å². The first-order valence-electron chi connectivity index (χ1n) is 8.51. The number of halogens is 1. The highest BCUT2D eigenvalue weighted by atomic mass is 32.2. The molecule has 8 heteroatoms. The first-order valence-corrected chi connectivity index (χ1v) is 9.95. The summed E-state index contributed by atoms with van der Waals surface area (Å²) in [6.07, 6.45) is 1.44. The molecule has 0 atom stereocenters. The van der Waals surface area contributed by atoms with Crippen molar-refractivity contribution < 1.29 is 17.6 Å². The van der Waals surface area contributed by atoms with Gasteiger partial charge in [0.2, 0.25) is 0 Å². The molecule has 0 bridgehead atoms. The SMILES string of the molecule is Cc1cccc(N2C(=O)N(Cc3ccc(F)cc3)S(=O)(=O)c3cccnc32)c1. The number of amides is 2. The number of anilines is 2. The van der Waals surface area contributed by atoms with Crippen molar-refractivity contribution in [1.29, 1.82) is 0 Å². The lowest BCUT2D eigenvalue weighted by Crippen LogP contribution is -2.48. The first-order chi connectivity index (χ1) is 13.4. The van der Waals surface area contributed by atoms with Gasteiger partial charge in [-0.05, 0) is 54.4 Å². The molecule has 4 rings (SSSR count). The lowest BCUT2D eigenvalue weighted by Gasteiger charge is -2.35. The molecule has 2 amide bonds. The van der Waals surface area contributed by atoms with Crippen molar-refractivity contribution >= 4 is 27.6 Å². The van der Waals surface area contributed by atoms with Crippen molar-refractivity contribution in [1.82, 2.24) is 9.29 Å². The number of benzene rings is 2. The number of carbonyl (C=O) groups is 1. The van der Waals surface area contributed by atoms with E-state index in [2.05, 4.69) is 4.98 Å². The molecule has 0 fully saturated rings. The molecule has 0 radical (unpaired) electrons. The molecule has 28 heavy (non-hydrogen) atoms. The van der Waals surface area contributed by atoms with E-state index in [-0.39, 0.29) is 17.3 Å². The molecular formula is C20H16FN3O3S. The van der Waals surface area contributed by atoms with Crippen LogP contribution >= 0.6 is 0 Å². The summed E-state index contributed by atoms with van der Waals surface area (Å²) in [5, 5.41) is 0. The molecular weight excluding hydrogens is 381 g/mol. The molecule has 1 aromatic heterocycles. The fourth-order valence-corrected chi connectivity index (χ4v) is 4.55. The highest BCUT2D eigenvalue weighted by Gasteiger charge is 2.43. The number of nitrogens with zero attached hydrogens (tertiary/aromatic N) is 3. The van der Waals surface area contributed by atoms with Gasteiger partial charge in [0.1, 0.15) is 10.7 Å². The second kappa shape index (κ2) is 6.72. The largest absolute Gasteiger partial charge is 0.344 e. The molecule has 142 valence electrons. The van der Waals surface area contributed by atoms with E-state index in [1.807, 2.05) is 13.0 Å². The fourth-order valence-electron chi connectivity index (χ4n) is 3.08. The van der Waals surface area contributed by atoms with Crippen LogP contribution in [0, 0.1) is 12.7 Å². The van der Waals surface area contributed by atoms with Crippen LogP contribution in [0.5, 0.6) is 0 Å². The van der Waals surface area contributed by atoms with Crippen molar-refractivity contribution in [2.45, 2.75) is 18.4 Å². The molecule has 0 spiro atoms. The monoisotopic (exact) mass is 397 g/mol. The molecule has 1 aliphatic heterocycles. The Morgan fingerprint density at radius 1 is 1.04 bits per heavy atom. The molecule has 2 heterocycles. The van der Waals surface area contributed by atoms with Crippen LogP contribution in [0.15, 0.2) is 71.8 Å². The smallest absolute Gasteiger partial charge is 0.246 e. The Hall–Kier alpha value is -3.26. The number of sulfonamides is 1. The number of pyridine rings is 1. The number of rotatable bonds is 3. The lowest BCUT2D eigenvalue weighted by molar-refractivity contribution is 0.229. The van der Waals surface area contributed by atoms with Gasteiger partial charge in [0.15, 0.2) is 5.82 Å². The average molecular weight is 397 g/mol. The summed E-state index contributed by atoms with van der Waals surface area (Å²) in [6, 6.07) is 14.7. The molecule has 0 saturated carbocycles. The third kappa shape index (κ3) is 3.01. The Balaban J connectivity index is 1.86. The van der Waals surface area contributed by atoms with Gasteiger partial charge in [0.05, 0.1) is 12.2 Å². The van der Waals surface area contributed by atoms with Crippen LogP contribution in [-0.4, -0.2) is 23.7 Å². The normalized spacial score (nSPS) is 15.4. The third-order valence-electron chi connectivity index (χ3n) is 4.43. The number of hydrogen-bond donors (Lipinski definition) is 0. The van der Waals surface area contributed by atoms with E-state index in [1.54, 1.807) is 18.2 Å². The number of aryl methyl sites for hydroxylation is 1. The van der Waals surface area contributed by atoms with Crippen molar-refractivity contribution in [3.8, 4) is 0 Å². The Morgan fingerprint density at radius 2 is 1.79 bits per heavy atom. The molecule has 2 aromatic carbocycles. The van der Waals surface area contributed by atoms with Crippen LogP contribution in [0.2, 0.25) is 0 Å². The molecule has 0 aliphatic carbocycles. The number of carbonyl (C=O) groups excluding carboxylic acids is 1. The maximum atomic E-state index is 13.2. The van der Waals surface area contributed by atoms with E-state index in [1.165, 1.54) is 47.5 Å². The van der Waals surface area contributed by atoms with Crippen LogP contribution in [0.4, 0.5) is 20.7 Å². The van der Waals surface area contributed by atoms with Crippen LogP contribution < -0.4 is 4.90 Å². The minimum absolute atomic E-state index is 0.0572. The van der Waals surface area contributed by atoms with Crippen LogP contribution in [-0.2, 0) is 16.6 Å². The topological polar surface area (TPSA) is 70.6 Å². The molecule has 0 N–H and O–H groups in total. The van der Waals surface area contributed by atoms with Crippen molar-refractivity contribution in [2.75, 3.05) is 4.90 Å². The number of aromatic nitrogens is 1. The Bertz CT molecular complexity index is 1160. The molecule has 0 saturated heterocycles. The van der Waals surface area contributed by atoms with E-state index in [9.17, 15) is 17.6 Å². The van der Waals surface area contributed by atoms with Gasteiger partial charge in [-0.2, -0.15) is 0 Å². The maximum absolute atomic E-state index is 13.2. The predicted molar refractivity (Wildman–Crippen MR) is 102 cm³/mol. The second-order valence-electron chi connectivity index (χ2n) is 6.42. The van der Waals surface area contributed by atoms with Gasteiger partial charge in [0, 0.05) is 6.20 Å². The summed E-state index contributed by atoms with van der Waals surface area (Å²) in [5.74, 6) is -0.374. The highest BCUT2D eigenvalue weighted by molar-refractivity contribution is 7.90. The minimum atomic E-state index is -4.11. The number of fused-ring (bicyclic) bond motifs is 1. The van der Waals surface area contributed by atoms with E-state index in [0.717, 1.165) is 9.87 Å². The molecule has 3 aromatic rings. The standard InChI is InChI=1S/C20H16FN3O3S/c1-14-4-2-5-17(12-14)24-19-18(6-3-11-22-19)28(26,27)23(20(24)25)13-15-7-9-16(21)10-8-15/h2-12H,13H2,1H3. The van der Waals surface area contributed by atoms with Crippen molar-refractivity contribution in [3.63, 3.8) is 0 Å². The third-order valence-corrected chi connectivity index (χ3v) is 6.17. The fraction of sp³-hybridized carbons (Fsp3) is 0.100. The maximum Gasteiger partial charge on any atom is 0.344 e. The van der Waals surface area contributed by atoms with E-state index < -0.39 is 21.9 Å². The van der Waals surface area contributed by atoms with Gasteiger partial charge in [-0.3, -0.25) is 0 Å². The first kappa shape index (κ1) is 18.1. The second-order valence-corrected chi connectivity index (χ2v) is 8.25. The lowest BCUT2D eigenvalue weighted by atomic mass is 10.2. The molecule has 1 aliphatic rings. The number of hydrogen-bond acceptors (Lipinski definition) is 4. The van der Waals surface area contributed by atoms with Crippen molar-refractivity contribution in [3.05, 3.63) is 83.8 Å². The highest BCUT2D eigenvalue weighted by Crippen LogP contribution is 2.38. The Kier molecular flexibility index (Phi) is 4.35. The summed E-state index contributed by atoms with van der Waals surface area (Å²) >= 11 is 0. The van der Waals surface area contributed by atoms with Gasteiger partial charge in [-0.1, -0.05) is 24.3 Å². The quantitative estimate of drug-likeness (QED) is 0.670. The van der Waals surface area contributed by atoms with E-state index >= 15 is 0 Å². The van der Waals surface area contributed by atoms with Crippen LogP contribution in [0.1, 0.15) is 11.1 Å². The zero-order chi connectivity index (χ0) is 19.9. The average Bonchev–Trinajstić information content (AvgIpc) is 2.67. The van der Waals surface area contributed by atoms with E-state index in [0.29, 0.717) is 11.3 Å². The summed E-state index contributed by atoms with van der Waals surface area (Å²) in [6.45, 7) is 1.67. The van der Waals surface area contributed by atoms with E-state index in [4.69, 9.17) is 0 Å². The molecule has 0 unspecified atom stereocenters. The zero-order valence-electron chi connectivity index (χ0n) is 14.9.